The second-order valence-corrected chi connectivity index (χ2v) is 9.21. The fourth-order valence-electron chi connectivity index (χ4n) is 4.97. The molecule has 4 rings (SSSR count). The molecule has 0 radical (unpaired) electrons. The Morgan fingerprint density at radius 1 is 0.892 bits per heavy atom. The van der Waals surface area contributed by atoms with Crippen LogP contribution in [0.4, 0.5) is 8.78 Å². The maximum atomic E-state index is 13.5. The summed E-state index contributed by atoms with van der Waals surface area (Å²) in [5.74, 6) is 0.449. The quantitative estimate of drug-likeness (QED) is 0.212. The lowest BCUT2D eigenvalue weighted by molar-refractivity contribution is 0.0526. The van der Waals surface area contributed by atoms with E-state index in [0.717, 1.165) is 55.8 Å². The van der Waals surface area contributed by atoms with Crippen LogP contribution >= 0.6 is 12.4 Å². The summed E-state index contributed by atoms with van der Waals surface area (Å²) in [5, 5.41) is 0. The summed E-state index contributed by atoms with van der Waals surface area (Å²) in [4.78, 5) is 14.2. The fraction of sp³-hybridized carbons (Fsp3) is 0.367. The van der Waals surface area contributed by atoms with Gasteiger partial charge in [-0.1, -0.05) is 24.3 Å². The third-order valence-electron chi connectivity index (χ3n) is 6.81. The van der Waals surface area contributed by atoms with Gasteiger partial charge in [0.25, 0.3) is 0 Å². The first-order valence-electron chi connectivity index (χ1n) is 12.7. The summed E-state index contributed by atoms with van der Waals surface area (Å²) < 4.78 is 37.9. The van der Waals surface area contributed by atoms with Crippen LogP contribution in [0.5, 0.6) is 5.75 Å². The molecule has 3 aromatic carbocycles. The van der Waals surface area contributed by atoms with Crippen molar-refractivity contribution in [2.45, 2.75) is 32.1 Å². The van der Waals surface area contributed by atoms with Crippen LogP contribution in [0.2, 0.25) is 0 Å². The van der Waals surface area contributed by atoms with Crippen LogP contribution in [0.3, 0.4) is 0 Å². The zero-order valence-corrected chi connectivity index (χ0v) is 21.9. The van der Waals surface area contributed by atoms with Crippen molar-refractivity contribution in [3.05, 3.63) is 101 Å². The average molecular weight is 530 g/mol. The highest BCUT2D eigenvalue weighted by Gasteiger charge is 2.29. The highest BCUT2D eigenvalue weighted by atomic mass is 35.5. The number of benzene rings is 3. The van der Waals surface area contributed by atoms with E-state index in [1.807, 2.05) is 24.3 Å². The van der Waals surface area contributed by atoms with Crippen molar-refractivity contribution in [2.24, 2.45) is 5.92 Å². The number of halogens is 3. The van der Waals surface area contributed by atoms with Gasteiger partial charge in [0, 0.05) is 12.5 Å². The average Bonchev–Trinajstić information content (AvgIpc) is 2.90. The third kappa shape index (κ3) is 8.01. The van der Waals surface area contributed by atoms with Gasteiger partial charge in [0.05, 0.1) is 18.8 Å². The first-order valence-corrected chi connectivity index (χ1v) is 12.7. The summed E-state index contributed by atoms with van der Waals surface area (Å²) >= 11 is 0. The number of esters is 1. The number of ether oxygens (including phenoxy) is 2. The van der Waals surface area contributed by atoms with E-state index in [2.05, 4.69) is 4.90 Å². The first-order chi connectivity index (χ1) is 17.5. The van der Waals surface area contributed by atoms with E-state index < -0.39 is 0 Å². The summed E-state index contributed by atoms with van der Waals surface area (Å²) in [7, 11) is 0. The van der Waals surface area contributed by atoms with Crippen molar-refractivity contribution < 1.29 is 23.0 Å². The van der Waals surface area contributed by atoms with Gasteiger partial charge in [-0.15, -0.1) is 12.4 Å². The van der Waals surface area contributed by atoms with Crippen LogP contribution in [0, 0.1) is 17.6 Å². The standard InChI is InChI=1S/C30H33F2NO3.ClH/c1-2-35-30(34)25-8-14-28(15-9-25)36-21-3-18-33-19-16-24(17-20-33)29(22-4-10-26(31)11-5-22)23-6-12-27(32)13-7-23;/h4-15,24,29H,2-3,16-21H2,1H3;1H. The molecule has 3 aromatic rings. The van der Waals surface area contributed by atoms with E-state index in [9.17, 15) is 13.6 Å². The zero-order valence-electron chi connectivity index (χ0n) is 21.1. The molecule has 1 aliphatic rings. The fourth-order valence-corrected chi connectivity index (χ4v) is 4.97. The molecule has 0 aromatic heterocycles. The van der Waals surface area contributed by atoms with Crippen molar-refractivity contribution >= 4 is 18.4 Å². The molecule has 7 heteroatoms. The largest absolute Gasteiger partial charge is 0.494 e. The SMILES string of the molecule is CCOC(=O)c1ccc(OCCCN2CCC(C(c3ccc(F)cc3)c3ccc(F)cc3)CC2)cc1.Cl. The second kappa shape index (κ2) is 14.1. The second-order valence-electron chi connectivity index (χ2n) is 9.21. The number of rotatable bonds is 10. The van der Waals surface area contributed by atoms with Crippen LogP contribution in [-0.4, -0.2) is 43.7 Å². The number of nitrogens with zero attached hydrogens (tertiary/aromatic N) is 1. The molecule has 4 nitrogen and oxygen atoms in total. The number of carbonyl (C=O) groups is 1. The zero-order chi connectivity index (χ0) is 25.3. The minimum Gasteiger partial charge on any atom is -0.494 e. The number of hydrogen-bond acceptors (Lipinski definition) is 4. The molecule has 0 spiro atoms. The normalized spacial score (nSPS) is 14.3. The van der Waals surface area contributed by atoms with E-state index >= 15 is 0 Å². The van der Waals surface area contributed by atoms with E-state index in [4.69, 9.17) is 9.47 Å². The van der Waals surface area contributed by atoms with Crippen LogP contribution in [0.1, 0.15) is 53.6 Å². The number of hydrogen-bond donors (Lipinski definition) is 0. The lowest BCUT2D eigenvalue weighted by Crippen LogP contribution is -2.36. The van der Waals surface area contributed by atoms with Gasteiger partial charge in [0.15, 0.2) is 0 Å². The molecule has 1 heterocycles. The molecule has 37 heavy (non-hydrogen) atoms. The van der Waals surface area contributed by atoms with Gasteiger partial charge in [-0.3, -0.25) is 0 Å². The van der Waals surface area contributed by atoms with Gasteiger partial charge in [-0.05, 0) is 105 Å². The molecule has 0 N–H and O–H groups in total. The Kier molecular flexibility index (Phi) is 10.9. The van der Waals surface area contributed by atoms with Crippen molar-refractivity contribution in [1.82, 2.24) is 4.90 Å². The summed E-state index contributed by atoms with van der Waals surface area (Å²) in [5.41, 5.74) is 2.67. The highest BCUT2D eigenvalue weighted by Crippen LogP contribution is 2.38. The van der Waals surface area contributed by atoms with Crippen molar-refractivity contribution in [3.63, 3.8) is 0 Å². The Morgan fingerprint density at radius 2 is 1.43 bits per heavy atom. The van der Waals surface area contributed by atoms with Gasteiger partial charge < -0.3 is 14.4 Å². The minimum atomic E-state index is -0.325. The summed E-state index contributed by atoms with van der Waals surface area (Å²) in [6, 6.07) is 20.5. The lowest BCUT2D eigenvalue weighted by atomic mass is 9.76. The van der Waals surface area contributed by atoms with Gasteiger partial charge in [-0.2, -0.15) is 0 Å². The Balaban J connectivity index is 0.00000380. The summed E-state index contributed by atoms with van der Waals surface area (Å²) in [6.07, 6.45) is 2.95. The van der Waals surface area contributed by atoms with Crippen LogP contribution in [-0.2, 0) is 4.74 Å². The molecule has 0 bridgehead atoms. The van der Waals surface area contributed by atoms with Crippen LogP contribution in [0.25, 0.3) is 0 Å². The molecule has 1 fully saturated rings. The molecule has 198 valence electrons. The Labute approximate surface area is 224 Å². The van der Waals surface area contributed by atoms with Gasteiger partial charge in [-0.25, -0.2) is 13.6 Å². The lowest BCUT2D eigenvalue weighted by Gasteiger charge is -2.36. The van der Waals surface area contributed by atoms with Gasteiger partial charge in [0.1, 0.15) is 17.4 Å². The summed E-state index contributed by atoms with van der Waals surface area (Å²) in [6.45, 7) is 5.66. The predicted molar refractivity (Wildman–Crippen MR) is 144 cm³/mol. The van der Waals surface area contributed by atoms with Crippen LogP contribution in [0.15, 0.2) is 72.8 Å². The number of piperidine rings is 1. The van der Waals surface area contributed by atoms with E-state index in [0.29, 0.717) is 24.7 Å². The maximum Gasteiger partial charge on any atom is 0.338 e. The van der Waals surface area contributed by atoms with E-state index in [-0.39, 0.29) is 35.9 Å². The van der Waals surface area contributed by atoms with Crippen LogP contribution < -0.4 is 4.74 Å². The predicted octanol–water partition coefficient (Wildman–Crippen LogP) is 6.88. The van der Waals surface area contributed by atoms with Crippen molar-refractivity contribution in [3.8, 4) is 5.75 Å². The third-order valence-corrected chi connectivity index (χ3v) is 6.81. The van der Waals surface area contributed by atoms with Crippen molar-refractivity contribution in [2.75, 3.05) is 32.8 Å². The molecular weight excluding hydrogens is 496 g/mol. The molecule has 0 atom stereocenters. The minimum absolute atomic E-state index is 0. The van der Waals surface area contributed by atoms with Crippen molar-refractivity contribution in [1.29, 1.82) is 0 Å². The number of likely N-dealkylation sites (tertiary alicyclic amines) is 1. The molecule has 0 saturated carbocycles. The monoisotopic (exact) mass is 529 g/mol. The topological polar surface area (TPSA) is 38.8 Å². The molecule has 0 aliphatic carbocycles. The first kappa shape index (κ1) is 28.6. The smallest absolute Gasteiger partial charge is 0.338 e. The molecule has 1 saturated heterocycles. The number of carbonyl (C=O) groups excluding carboxylic acids is 1. The molecule has 0 unspecified atom stereocenters. The van der Waals surface area contributed by atoms with E-state index in [1.54, 1.807) is 31.2 Å². The molecule has 1 aliphatic heterocycles. The highest BCUT2D eigenvalue weighted by molar-refractivity contribution is 5.89. The Morgan fingerprint density at radius 3 is 1.95 bits per heavy atom. The Bertz CT molecular complexity index is 1050. The van der Waals surface area contributed by atoms with Gasteiger partial charge >= 0.3 is 5.97 Å². The molecular formula is C30H34ClF2NO3. The maximum absolute atomic E-state index is 13.5. The molecule has 0 amide bonds. The van der Waals surface area contributed by atoms with E-state index in [1.165, 1.54) is 24.3 Å². The Hall–Kier alpha value is -2.96. The van der Waals surface area contributed by atoms with Gasteiger partial charge in [0.2, 0.25) is 0 Å².